The molecule has 0 unspecified atom stereocenters. The second-order valence-corrected chi connectivity index (χ2v) is 4.78. The van der Waals surface area contributed by atoms with Gasteiger partial charge in [0.2, 0.25) is 0 Å². The molecular weight excluding hydrogens is 172 g/mol. The highest BCUT2D eigenvalue weighted by atomic mass is 16.5. The van der Waals surface area contributed by atoms with Crippen LogP contribution in [-0.4, -0.2) is 12.2 Å². The predicted molar refractivity (Wildman–Crippen MR) is 59.3 cm³/mol. The molecule has 1 aliphatic carbocycles. The highest BCUT2D eigenvalue weighted by molar-refractivity contribution is 4.87. The largest absolute Gasteiger partial charge is 0.371 e. The second-order valence-electron chi connectivity index (χ2n) is 4.78. The molecule has 1 heterocycles. The van der Waals surface area contributed by atoms with Crippen molar-refractivity contribution in [3.05, 3.63) is 12.7 Å². The molecule has 0 N–H and O–H groups in total. The maximum absolute atomic E-state index is 6.06. The summed E-state index contributed by atoms with van der Waals surface area (Å²) in [4.78, 5) is 0. The maximum atomic E-state index is 6.06. The van der Waals surface area contributed by atoms with E-state index in [4.69, 9.17) is 4.74 Å². The van der Waals surface area contributed by atoms with E-state index in [0.29, 0.717) is 12.2 Å². The van der Waals surface area contributed by atoms with Crippen LogP contribution in [-0.2, 0) is 4.74 Å². The Balaban J connectivity index is 1.86. The summed E-state index contributed by atoms with van der Waals surface area (Å²) < 4.78 is 6.06. The Hall–Kier alpha value is -0.300. The zero-order valence-corrected chi connectivity index (χ0v) is 9.08. The van der Waals surface area contributed by atoms with Crippen molar-refractivity contribution in [3.63, 3.8) is 0 Å². The molecule has 0 amide bonds. The van der Waals surface area contributed by atoms with Crippen molar-refractivity contribution in [1.82, 2.24) is 0 Å². The lowest BCUT2D eigenvalue weighted by Gasteiger charge is -2.35. The first-order chi connectivity index (χ1) is 6.90. The molecule has 0 bridgehead atoms. The predicted octanol–water partition coefficient (Wildman–Crippen LogP) is 3.69. The minimum absolute atomic E-state index is 0.343. The molecule has 1 aliphatic heterocycles. The van der Waals surface area contributed by atoms with Gasteiger partial charge >= 0.3 is 0 Å². The van der Waals surface area contributed by atoms with Crippen LogP contribution < -0.4 is 0 Å². The quantitative estimate of drug-likeness (QED) is 0.609. The van der Waals surface area contributed by atoms with Gasteiger partial charge < -0.3 is 4.74 Å². The van der Waals surface area contributed by atoms with E-state index in [-0.39, 0.29) is 0 Å². The van der Waals surface area contributed by atoms with Gasteiger partial charge in [-0.05, 0) is 38.0 Å². The van der Waals surface area contributed by atoms with Crippen LogP contribution in [0, 0.1) is 5.92 Å². The van der Waals surface area contributed by atoms with Gasteiger partial charge in [0.05, 0.1) is 12.2 Å². The molecular formula is C13H22O. The van der Waals surface area contributed by atoms with E-state index >= 15 is 0 Å². The Kier molecular flexibility index (Phi) is 3.63. The molecule has 2 rings (SSSR count). The van der Waals surface area contributed by atoms with E-state index in [1.165, 1.54) is 51.4 Å². The van der Waals surface area contributed by atoms with E-state index < -0.39 is 0 Å². The van der Waals surface area contributed by atoms with E-state index in [2.05, 4.69) is 6.58 Å². The summed E-state index contributed by atoms with van der Waals surface area (Å²) >= 11 is 0. The lowest BCUT2D eigenvalue weighted by atomic mass is 9.82. The SMILES string of the molecule is C=C[C@H]1CCC[C@@H](C2CCCCC2)O1. The molecule has 0 radical (unpaired) electrons. The molecule has 0 aromatic heterocycles. The summed E-state index contributed by atoms with van der Waals surface area (Å²) in [7, 11) is 0. The molecule has 0 aromatic carbocycles. The summed E-state index contributed by atoms with van der Waals surface area (Å²) in [5.74, 6) is 0.853. The number of hydrogen-bond donors (Lipinski definition) is 0. The van der Waals surface area contributed by atoms with Crippen molar-refractivity contribution in [1.29, 1.82) is 0 Å². The molecule has 1 heteroatoms. The van der Waals surface area contributed by atoms with Crippen LogP contribution in [0.3, 0.4) is 0 Å². The molecule has 1 saturated heterocycles. The fourth-order valence-electron chi connectivity index (χ4n) is 2.91. The first-order valence-corrected chi connectivity index (χ1v) is 6.18. The van der Waals surface area contributed by atoms with Gasteiger partial charge in [0, 0.05) is 0 Å². The van der Waals surface area contributed by atoms with Crippen molar-refractivity contribution >= 4 is 0 Å². The number of hydrogen-bond acceptors (Lipinski definition) is 1. The minimum Gasteiger partial charge on any atom is -0.371 e. The lowest BCUT2D eigenvalue weighted by molar-refractivity contribution is -0.0634. The summed E-state index contributed by atoms with van der Waals surface area (Å²) in [5, 5.41) is 0. The van der Waals surface area contributed by atoms with E-state index in [1.54, 1.807) is 0 Å². The summed E-state index contributed by atoms with van der Waals surface area (Å²) in [6.45, 7) is 3.84. The second kappa shape index (κ2) is 4.97. The van der Waals surface area contributed by atoms with Crippen LogP contribution in [0.5, 0.6) is 0 Å². The fourth-order valence-corrected chi connectivity index (χ4v) is 2.91. The Labute approximate surface area is 87.5 Å². The Morgan fingerprint density at radius 1 is 0.929 bits per heavy atom. The summed E-state index contributed by atoms with van der Waals surface area (Å²) in [6, 6.07) is 0. The topological polar surface area (TPSA) is 9.23 Å². The van der Waals surface area contributed by atoms with Crippen LogP contribution in [0.2, 0.25) is 0 Å². The first kappa shape index (κ1) is 10.2. The van der Waals surface area contributed by atoms with Crippen molar-refractivity contribution < 1.29 is 4.74 Å². The van der Waals surface area contributed by atoms with Gasteiger partial charge in [-0.15, -0.1) is 6.58 Å². The number of rotatable bonds is 2. The molecule has 2 aliphatic rings. The van der Waals surface area contributed by atoms with Gasteiger partial charge in [0.25, 0.3) is 0 Å². The Morgan fingerprint density at radius 2 is 1.71 bits per heavy atom. The van der Waals surface area contributed by atoms with Gasteiger partial charge in [0.15, 0.2) is 0 Å². The molecule has 80 valence electrons. The van der Waals surface area contributed by atoms with Crippen molar-refractivity contribution in [3.8, 4) is 0 Å². The third-order valence-electron chi connectivity index (χ3n) is 3.77. The highest BCUT2D eigenvalue weighted by Crippen LogP contribution is 2.33. The van der Waals surface area contributed by atoms with Gasteiger partial charge in [-0.1, -0.05) is 25.3 Å². The highest BCUT2D eigenvalue weighted by Gasteiger charge is 2.28. The fraction of sp³-hybridized carbons (Fsp3) is 0.846. The smallest absolute Gasteiger partial charge is 0.0757 e. The van der Waals surface area contributed by atoms with Crippen LogP contribution in [0.25, 0.3) is 0 Å². The van der Waals surface area contributed by atoms with Crippen LogP contribution in [0.1, 0.15) is 51.4 Å². The standard InChI is InChI=1S/C13H22O/c1-2-12-9-6-10-13(14-12)11-7-4-3-5-8-11/h2,11-13H,1,3-10H2/t12-,13-/m0/s1. The maximum Gasteiger partial charge on any atom is 0.0757 e. The van der Waals surface area contributed by atoms with Gasteiger partial charge in [-0.3, -0.25) is 0 Å². The molecule has 0 aromatic rings. The molecule has 1 nitrogen and oxygen atoms in total. The van der Waals surface area contributed by atoms with Crippen LogP contribution in [0.4, 0.5) is 0 Å². The van der Waals surface area contributed by atoms with Crippen molar-refractivity contribution in [2.45, 2.75) is 63.6 Å². The van der Waals surface area contributed by atoms with E-state index in [0.717, 1.165) is 5.92 Å². The number of ether oxygens (including phenoxy) is 1. The summed E-state index contributed by atoms with van der Waals surface area (Å²) in [5.41, 5.74) is 0. The van der Waals surface area contributed by atoms with Gasteiger partial charge in [-0.25, -0.2) is 0 Å². The zero-order valence-electron chi connectivity index (χ0n) is 9.08. The zero-order chi connectivity index (χ0) is 9.80. The third-order valence-corrected chi connectivity index (χ3v) is 3.77. The van der Waals surface area contributed by atoms with Crippen molar-refractivity contribution in [2.75, 3.05) is 0 Å². The van der Waals surface area contributed by atoms with Crippen molar-refractivity contribution in [2.24, 2.45) is 5.92 Å². The molecule has 14 heavy (non-hydrogen) atoms. The van der Waals surface area contributed by atoms with Crippen LogP contribution >= 0.6 is 0 Å². The minimum atomic E-state index is 0.343. The average molecular weight is 194 g/mol. The van der Waals surface area contributed by atoms with Gasteiger partial charge in [0.1, 0.15) is 0 Å². The van der Waals surface area contributed by atoms with Crippen LogP contribution in [0.15, 0.2) is 12.7 Å². The average Bonchev–Trinajstić information content (AvgIpc) is 2.30. The molecule has 2 fully saturated rings. The molecule has 2 atom stereocenters. The third kappa shape index (κ3) is 2.38. The summed E-state index contributed by atoms with van der Waals surface area (Å²) in [6.07, 6.45) is 13.8. The first-order valence-electron chi connectivity index (χ1n) is 6.18. The monoisotopic (exact) mass is 194 g/mol. The van der Waals surface area contributed by atoms with Gasteiger partial charge in [-0.2, -0.15) is 0 Å². The Morgan fingerprint density at radius 3 is 2.43 bits per heavy atom. The Bertz CT molecular complexity index is 182. The molecule has 0 spiro atoms. The lowest BCUT2D eigenvalue weighted by Crippen LogP contribution is -2.33. The normalized spacial score (nSPS) is 35.4. The van der Waals surface area contributed by atoms with E-state index in [1.807, 2.05) is 6.08 Å². The van der Waals surface area contributed by atoms with E-state index in [9.17, 15) is 0 Å². The molecule has 1 saturated carbocycles.